The van der Waals surface area contributed by atoms with Crippen LogP contribution in [0.2, 0.25) is 5.02 Å². The summed E-state index contributed by atoms with van der Waals surface area (Å²) in [6.07, 6.45) is 5.11. The van der Waals surface area contributed by atoms with Gasteiger partial charge in [-0.2, -0.15) is 0 Å². The van der Waals surface area contributed by atoms with Crippen molar-refractivity contribution in [2.45, 2.75) is 75.9 Å². The monoisotopic (exact) mass is 541 g/mol. The lowest BCUT2D eigenvalue weighted by Gasteiger charge is -2.45. The minimum atomic E-state index is -0.831. The molecular formula is C30H40ClN3O4. The van der Waals surface area contributed by atoms with Crippen molar-refractivity contribution >= 4 is 29.4 Å². The Labute approximate surface area is 231 Å². The van der Waals surface area contributed by atoms with Crippen molar-refractivity contribution in [2.24, 2.45) is 0 Å². The van der Waals surface area contributed by atoms with Crippen molar-refractivity contribution in [3.05, 3.63) is 70.2 Å². The van der Waals surface area contributed by atoms with Gasteiger partial charge in [-0.25, -0.2) is 4.79 Å². The Balaban J connectivity index is 1.46. The smallest absolute Gasteiger partial charge is 0.328 e. The quantitative estimate of drug-likeness (QED) is 0.416. The number of hydrogen-bond acceptors (Lipinski definition) is 5. The third kappa shape index (κ3) is 8.57. The number of hydrogen-bond donors (Lipinski definition) is 2. The fourth-order valence-electron chi connectivity index (χ4n) is 5.15. The maximum absolute atomic E-state index is 12.6. The molecule has 2 amide bonds. The molecule has 8 heteroatoms. The van der Waals surface area contributed by atoms with Gasteiger partial charge in [0.05, 0.1) is 7.11 Å². The van der Waals surface area contributed by atoms with E-state index in [9.17, 15) is 14.4 Å². The summed E-state index contributed by atoms with van der Waals surface area (Å²) in [7, 11) is 5.56. The second kappa shape index (κ2) is 13.8. The van der Waals surface area contributed by atoms with E-state index >= 15 is 0 Å². The number of nitrogens with one attached hydrogen (secondary N) is 2. The number of ether oxygens (including phenoxy) is 1. The molecule has 0 aliphatic heterocycles. The first-order valence-corrected chi connectivity index (χ1v) is 13.6. The maximum Gasteiger partial charge on any atom is 0.328 e. The zero-order valence-electron chi connectivity index (χ0n) is 22.9. The average Bonchev–Trinajstić information content (AvgIpc) is 2.90. The number of likely N-dealkylation sites (N-methyl/N-ethyl adjacent to an activating group) is 1. The van der Waals surface area contributed by atoms with E-state index in [4.69, 9.17) is 16.3 Å². The third-order valence-corrected chi connectivity index (χ3v) is 7.89. The second-order valence-electron chi connectivity index (χ2n) is 10.6. The van der Waals surface area contributed by atoms with Gasteiger partial charge in [0.25, 0.3) is 0 Å². The Bertz CT molecular complexity index is 1080. The molecule has 0 bridgehead atoms. The molecule has 2 aromatic carbocycles. The Morgan fingerprint density at radius 1 is 0.974 bits per heavy atom. The molecule has 2 aromatic rings. The molecule has 38 heavy (non-hydrogen) atoms. The SMILES string of the molecule is COC(=O)C(Cc1ccc(Cl)cc1)NC(=O)CCC(=O)NC1CCC(Cc2ccc(C)cc2)(N(C)C)CC1. The van der Waals surface area contributed by atoms with Gasteiger partial charge in [-0.15, -0.1) is 0 Å². The molecule has 0 heterocycles. The van der Waals surface area contributed by atoms with Crippen LogP contribution in [0.4, 0.5) is 0 Å². The summed E-state index contributed by atoms with van der Waals surface area (Å²) in [5, 5.41) is 6.41. The van der Waals surface area contributed by atoms with Crippen molar-refractivity contribution in [2.75, 3.05) is 21.2 Å². The number of aryl methyl sites for hydroxylation is 1. The Kier molecular flexibility index (Phi) is 10.7. The topological polar surface area (TPSA) is 87.7 Å². The number of carbonyl (C=O) groups is 3. The molecule has 0 saturated heterocycles. The van der Waals surface area contributed by atoms with Crippen LogP contribution >= 0.6 is 11.6 Å². The number of benzene rings is 2. The summed E-state index contributed by atoms with van der Waals surface area (Å²) in [5.41, 5.74) is 3.51. The van der Waals surface area contributed by atoms with E-state index < -0.39 is 12.0 Å². The fourth-order valence-corrected chi connectivity index (χ4v) is 5.28. The lowest BCUT2D eigenvalue weighted by atomic mass is 9.74. The number of carbonyl (C=O) groups excluding carboxylic acids is 3. The van der Waals surface area contributed by atoms with Crippen LogP contribution in [0.15, 0.2) is 48.5 Å². The Morgan fingerprint density at radius 3 is 2.13 bits per heavy atom. The molecule has 1 saturated carbocycles. The molecule has 0 aromatic heterocycles. The Morgan fingerprint density at radius 2 is 1.55 bits per heavy atom. The molecule has 0 spiro atoms. The van der Waals surface area contributed by atoms with Crippen LogP contribution in [-0.4, -0.2) is 61.5 Å². The predicted octanol–water partition coefficient (Wildman–Crippen LogP) is 4.23. The highest BCUT2D eigenvalue weighted by molar-refractivity contribution is 6.30. The number of nitrogens with zero attached hydrogens (tertiary/aromatic N) is 1. The largest absolute Gasteiger partial charge is 0.467 e. The van der Waals surface area contributed by atoms with Crippen LogP contribution in [0.25, 0.3) is 0 Å². The number of esters is 1. The van der Waals surface area contributed by atoms with Crippen molar-refractivity contribution in [3.8, 4) is 0 Å². The summed E-state index contributed by atoms with van der Waals surface area (Å²) >= 11 is 5.93. The molecule has 1 aliphatic rings. The van der Waals surface area contributed by atoms with E-state index in [2.05, 4.69) is 60.8 Å². The average molecular weight is 542 g/mol. The molecular weight excluding hydrogens is 502 g/mol. The number of halogens is 1. The maximum atomic E-state index is 12.6. The zero-order valence-corrected chi connectivity index (χ0v) is 23.6. The van der Waals surface area contributed by atoms with E-state index in [0.717, 1.165) is 37.7 Å². The van der Waals surface area contributed by atoms with E-state index in [1.807, 2.05) is 0 Å². The van der Waals surface area contributed by atoms with E-state index in [1.54, 1.807) is 24.3 Å². The van der Waals surface area contributed by atoms with Crippen LogP contribution in [0.5, 0.6) is 0 Å². The molecule has 7 nitrogen and oxygen atoms in total. The van der Waals surface area contributed by atoms with Gasteiger partial charge in [0.1, 0.15) is 6.04 Å². The van der Waals surface area contributed by atoms with E-state index in [-0.39, 0.29) is 42.7 Å². The minimum Gasteiger partial charge on any atom is -0.467 e. The summed E-state index contributed by atoms with van der Waals surface area (Å²) in [5.74, 6) is -1.04. The van der Waals surface area contributed by atoms with Gasteiger partial charge in [-0.3, -0.25) is 9.59 Å². The van der Waals surface area contributed by atoms with Crippen LogP contribution in [0, 0.1) is 6.92 Å². The van der Waals surface area contributed by atoms with Crippen LogP contribution in [-0.2, 0) is 32.0 Å². The Hall–Kier alpha value is -2.90. The summed E-state index contributed by atoms with van der Waals surface area (Å²) in [6, 6.07) is 15.1. The third-order valence-electron chi connectivity index (χ3n) is 7.64. The van der Waals surface area contributed by atoms with Gasteiger partial charge in [0, 0.05) is 35.9 Å². The van der Waals surface area contributed by atoms with Crippen molar-refractivity contribution in [1.29, 1.82) is 0 Å². The normalized spacial score (nSPS) is 20.0. The number of amides is 2. The first-order valence-electron chi connectivity index (χ1n) is 13.2. The van der Waals surface area contributed by atoms with Crippen LogP contribution in [0.3, 0.4) is 0 Å². The van der Waals surface area contributed by atoms with Crippen molar-refractivity contribution < 1.29 is 19.1 Å². The minimum absolute atomic E-state index is 0.00171. The fraction of sp³-hybridized carbons (Fsp3) is 0.500. The molecule has 206 valence electrons. The lowest BCUT2D eigenvalue weighted by Crippen LogP contribution is -2.52. The first-order chi connectivity index (χ1) is 18.1. The summed E-state index contributed by atoms with van der Waals surface area (Å²) in [4.78, 5) is 39.7. The van der Waals surface area contributed by atoms with Gasteiger partial charge in [-0.05, 0) is 76.4 Å². The molecule has 2 N–H and O–H groups in total. The number of rotatable bonds is 11. The van der Waals surface area contributed by atoms with Crippen molar-refractivity contribution in [3.63, 3.8) is 0 Å². The predicted molar refractivity (Wildman–Crippen MR) is 150 cm³/mol. The molecule has 1 fully saturated rings. The number of methoxy groups -OCH3 is 1. The van der Waals surface area contributed by atoms with Crippen molar-refractivity contribution in [1.82, 2.24) is 15.5 Å². The van der Waals surface area contributed by atoms with Crippen LogP contribution in [0.1, 0.15) is 55.2 Å². The van der Waals surface area contributed by atoms with Gasteiger partial charge in [0.2, 0.25) is 11.8 Å². The summed E-state index contributed by atoms with van der Waals surface area (Å²) < 4.78 is 4.85. The van der Waals surface area contributed by atoms with Gasteiger partial charge < -0.3 is 20.3 Å². The zero-order chi connectivity index (χ0) is 27.7. The first kappa shape index (κ1) is 29.7. The van der Waals surface area contributed by atoms with E-state index in [1.165, 1.54) is 18.2 Å². The highest BCUT2D eigenvalue weighted by Crippen LogP contribution is 2.35. The van der Waals surface area contributed by atoms with Gasteiger partial charge in [0.15, 0.2) is 0 Å². The van der Waals surface area contributed by atoms with E-state index in [0.29, 0.717) is 5.02 Å². The summed E-state index contributed by atoms with van der Waals surface area (Å²) in [6.45, 7) is 2.10. The molecule has 1 aliphatic carbocycles. The second-order valence-corrected chi connectivity index (χ2v) is 11.0. The molecule has 1 atom stereocenters. The van der Waals surface area contributed by atoms with Gasteiger partial charge >= 0.3 is 5.97 Å². The highest BCUT2D eigenvalue weighted by Gasteiger charge is 2.37. The van der Waals surface area contributed by atoms with Gasteiger partial charge in [-0.1, -0.05) is 53.6 Å². The highest BCUT2D eigenvalue weighted by atomic mass is 35.5. The molecule has 3 rings (SSSR count). The standard InChI is InChI=1S/C30H40ClN3O4/c1-21-5-7-23(8-6-21)20-30(34(2)3)17-15-25(16-18-30)32-27(35)13-14-28(36)33-26(29(37)38-4)19-22-9-11-24(31)12-10-22/h5-12,25-26H,13-20H2,1-4H3,(H,32,35)(H,33,36). The lowest BCUT2D eigenvalue weighted by molar-refractivity contribution is -0.145. The molecule has 1 unspecified atom stereocenters. The van der Waals surface area contributed by atoms with Crippen LogP contribution < -0.4 is 10.6 Å². The molecule has 0 radical (unpaired) electrons.